The van der Waals surface area contributed by atoms with Gasteiger partial charge >= 0.3 is 0 Å². The minimum absolute atomic E-state index is 0.103. The smallest absolute Gasteiger partial charge is 0.251 e. The first kappa shape index (κ1) is 29.1. The molecule has 0 spiro atoms. The number of hydrogen-bond acceptors (Lipinski definition) is 5. The van der Waals surface area contributed by atoms with Crippen molar-refractivity contribution in [2.75, 3.05) is 13.1 Å². The van der Waals surface area contributed by atoms with E-state index in [-0.39, 0.29) is 11.9 Å². The molecule has 2 aromatic carbocycles. The third-order valence-corrected chi connectivity index (χ3v) is 7.60. The van der Waals surface area contributed by atoms with E-state index in [1.54, 1.807) is 12.3 Å². The molecule has 0 fully saturated rings. The number of amides is 1. The van der Waals surface area contributed by atoms with Crippen molar-refractivity contribution in [2.45, 2.75) is 59.6 Å². The van der Waals surface area contributed by atoms with Crippen LogP contribution in [0.5, 0.6) is 5.75 Å². The van der Waals surface area contributed by atoms with E-state index in [0.717, 1.165) is 51.4 Å². The summed E-state index contributed by atoms with van der Waals surface area (Å²) in [5, 5.41) is 27.0. The van der Waals surface area contributed by atoms with Crippen molar-refractivity contribution in [2.24, 2.45) is 0 Å². The first-order valence-corrected chi connectivity index (χ1v) is 13.8. The number of aryl methyl sites for hydroxylation is 2. The van der Waals surface area contributed by atoms with Crippen LogP contribution in [0.4, 0.5) is 0 Å². The number of aliphatic hydroxyl groups is 1. The van der Waals surface area contributed by atoms with E-state index in [9.17, 15) is 15.0 Å². The summed E-state index contributed by atoms with van der Waals surface area (Å²) in [6.07, 6.45) is 2.49. The fourth-order valence-electron chi connectivity index (χ4n) is 5.00. The van der Waals surface area contributed by atoms with Gasteiger partial charge in [0, 0.05) is 47.8 Å². The van der Waals surface area contributed by atoms with Crippen molar-refractivity contribution in [3.05, 3.63) is 112 Å². The Bertz CT molecular complexity index is 1440. The molecular formula is C33H40N4O3. The lowest BCUT2D eigenvalue weighted by molar-refractivity contribution is 0.0954. The standard InChI is InChI=1S/C33H40N4O3/c1-21(35-20-31(39)29-12-14-32(36-19-29)37-22(2)9-10-23(37)3)17-26-7-6-8-28(18-26)33(40)34-16-15-27-11-13-30(38)25(5)24(27)4/h6-14,18-19,21,31,35,38-39H,15-17,20H2,1-5H3,(H,34,40)/t21-,31+/m1/s1. The Morgan fingerprint density at radius 3 is 2.42 bits per heavy atom. The van der Waals surface area contributed by atoms with Crippen LogP contribution in [0.3, 0.4) is 0 Å². The van der Waals surface area contributed by atoms with Crippen molar-refractivity contribution in [1.29, 1.82) is 0 Å². The summed E-state index contributed by atoms with van der Waals surface area (Å²) in [7, 11) is 0. The number of aromatic hydroxyl groups is 1. The van der Waals surface area contributed by atoms with Crippen LogP contribution in [0.2, 0.25) is 0 Å². The SMILES string of the molecule is Cc1c(O)ccc(CCNC(=O)c2cccc(C[C@@H](C)NC[C@H](O)c3ccc(-n4c(C)ccc4C)nc3)c2)c1C. The molecule has 7 nitrogen and oxygen atoms in total. The lowest BCUT2D eigenvalue weighted by atomic mass is 10.00. The van der Waals surface area contributed by atoms with E-state index >= 15 is 0 Å². The average Bonchev–Trinajstić information content (AvgIpc) is 3.29. The van der Waals surface area contributed by atoms with Gasteiger partial charge < -0.3 is 25.4 Å². The Hall–Kier alpha value is -3.94. The second-order valence-electron chi connectivity index (χ2n) is 10.6. The molecular weight excluding hydrogens is 500 g/mol. The Morgan fingerprint density at radius 2 is 1.73 bits per heavy atom. The van der Waals surface area contributed by atoms with E-state index in [2.05, 4.69) is 39.2 Å². The van der Waals surface area contributed by atoms with Crippen molar-refractivity contribution >= 4 is 5.91 Å². The van der Waals surface area contributed by atoms with Crippen LogP contribution in [-0.2, 0) is 12.8 Å². The molecule has 2 aromatic heterocycles. The number of phenolic OH excluding ortho intramolecular Hbond substituents is 1. The number of aromatic nitrogens is 2. The molecule has 0 aliphatic rings. The molecule has 40 heavy (non-hydrogen) atoms. The molecule has 0 aliphatic heterocycles. The number of hydrogen-bond donors (Lipinski definition) is 4. The largest absolute Gasteiger partial charge is 0.508 e. The molecule has 2 heterocycles. The molecule has 4 rings (SSSR count). The zero-order valence-corrected chi connectivity index (χ0v) is 24.0. The molecule has 0 unspecified atom stereocenters. The van der Waals surface area contributed by atoms with Crippen LogP contribution in [0.15, 0.2) is 66.9 Å². The Morgan fingerprint density at radius 1 is 0.975 bits per heavy atom. The van der Waals surface area contributed by atoms with Crippen LogP contribution in [0, 0.1) is 27.7 Å². The lowest BCUT2D eigenvalue weighted by Crippen LogP contribution is -2.32. The molecule has 2 atom stereocenters. The van der Waals surface area contributed by atoms with Crippen LogP contribution in [0.25, 0.3) is 5.82 Å². The third kappa shape index (κ3) is 6.97. The number of nitrogens with zero attached hydrogens (tertiary/aromatic N) is 2. The topological polar surface area (TPSA) is 99.4 Å². The van der Waals surface area contributed by atoms with Crippen LogP contribution >= 0.6 is 0 Å². The van der Waals surface area contributed by atoms with Crippen molar-refractivity contribution in [3.63, 3.8) is 0 Å². The number of aliphatic hydroxyl groups excluding tert-OH is 1. The number of benzene rings is 2. The normalized spacial score (nSPS) is 12.8. The maximum absolute atomic E-state index is 12.8. The first-order chi connectivity index (χ1) is 19.1. The molecule has 4 N–H and O–H groups in total. The monoisotopic (exact) mass is 540 g/mol. The van der Waals surface area contributed by atoms with Gasteiger partial charge in [-0.05, 0) is 106 Å². The zero-order valence-electron chi connectivity index (χ0n) is 24.0. The van der Waals surface area contributed by atoms with Crippen molar-refractivity contribution in [3.8, 4) is 11.6 Å². The van der Waals surface area contributed by atoms with E-state index in [1.807, 2.05) is 70.2 Å². The predicted octanol–water partition coefficient (Wildman–Crippen LogP) is 5.04. The van der Waals surface area contributed by atoms with Crippen LogP contribution in [-0.4, -0.2) is 44.8 Å². The predicted molar refractivity (Wildman–Crippen MR) is 159 cm³/mol. The number of nitrogens with one attached hydrogen (secondary N) is 2. The van der Waals surface area contributed by atoms with E-state index in [4.69, 9.17) is 0 Å². The highest BCUT2D eigenvalue weighted by atomic mass is 16.3. The van der Waals surface area contributed by atoms with Crippen molar-refractivity contribution < 1.29 is 15.0 Å². The molecule has 0 radical (unpaired) electrons. The molecule has 0 bridgehead atoms. The first-order valence-electron chi connectivity index (χ1n) is 13.8. The number of carbonyl (C=O) groups excluding carboxylic acids is 1. The van der Waals surface area contributed by atoms with Gasteiger partial charge in [0.1, 0.15) is 11.6 Å². The highest BCUT2D eigenvalue weighted by Gasteiger charge is 2.13. The summed E-state index contributed by atoms with van der Waals surface area (Å²) in [5.74, 6) is 1.03. The fraction of sp³-hybridized carbons (Fsp3) is 0.333. The molecule has 1 amide bonds. The third-order valence-electron chi connectivity index (χ3n) is 7.60. The van der Waals surface area contributed by atoms with Gasteiger partial charge in [0.05, 0.1) is 6.10 Å². The molecule has 210 valence electrons. The molecule has 4 aromatic rings. The molecule has 0 aliphatic carbocycles. The van der Waals surface area contributed by atoms with Gasteiger partial charge in [0.15, 0.2) is 0 Å². The Balaban J connectivity index is 1.26. The van der Waals surface area contributed by atoms with E-state index in [1.165, 1.54) is 0 Å². The number of rotatable bonds is 11. The molecule has 7 heteroatoms. The Kier molecular flexibility index (Phi) is 9.40. The van der Waals surface area contributed by atoms with E-state index < -0.39 is 6.10 Å². The minimum Gasteiger partial charge on any atom is -0.508 e. The van der Waals surface area contributed by atoms with Crippen LogP contribution in [0.1, 0.15) is 62.6 Å². The number of carbonyl (C=O) groups is 1. The summed E-state index contributed by atoms with van der Waals surface area (Å²) < 4.78 is 2.09. The summed E-state index contributed by atoms with van der Waals surface area (Å²) in [4.78, 5) is 17.3. The number of phenols is 1. The van der Waals surface area contributed by atoms with E-state index in [0.29, 0.717) is 30.8 Å². The Labute approximate surface area is 236 Å². The van der Waals surface area contributed by atoms with Gasteiger partial charge in [-0.3, -0.25) is 4.79 Å². The maximum atomic E-state index is 12.8. The van der Waals surface area contributed by atoms with Gasteiger partial charge in [0.2, 0.25) is 0 Å². The zero-order chi connectivity index (χ0) is 28.8. The summed E-state index contributed by atoms with van der Waals surface area (Å²) in [5.41, 5.74) is 7.73. The van der Waals surface area contributed by atoms with Gasteiger partial charge in [-0.15, -0.1) is 0 Å². The van der Waals surface area contributed by atoms with Gasteiger partial charge in [-0.1, -0.05) is 24.3 Å². The highest BCUT2D eigenvalue weighted by Crippen LogP contribution is 2.23. The highest BCUT2D eigenvalue weighted by molar-refractivity contribution is 5.94. The van der Waals surface area contributed by atoms with Crippen LogP contribution < -0.4 is 10.6 Å². The average molecular weight is 541 g/mol. The summed E-state index contributed by atoms with van der Waals surface area (Å²) in [6, 6.07) is 19.4. The number of pyridine rings is 1. The minimum atomic E-state index is -0.672. The fourth-order valence-corrected chi connectivity index (χ4v) is 5.00. The van der Waals surface area contributed by atoms with Gasteiger partial charge in [0.25, 0.3) is 5.91 Å². The maximum Gasteiger partial charge on any atom is 0.251 e. The quantitative estimate of drug-likeness (QED) is 0.214. The molecule has 0 saturated heterocycles. The van der Waals surface area contributed by atoms with Crippen molar-refractivity contribution in [1.82, 2.24) is 20.2 Å². The second kappa shape index (κ2) is 12.9. The second-order valence-corrected chi connectivity index (χ2v) is 10.6. The summed E-state index contributed by atoms with van der Waals surface area (Å²) in [6.45, 7) is 11.0. The van der Waals surface area contributed by atoms with Gasteiger partial charge in [-0.25, -0.2) is 4.98 Å². The summed E-state index contributed by atoms with van der Waals surface area (Å²) >= 11 is 0. The molecule has 0 saturated carbocycles. The van der Waals surface area contributed by atoms with Gasteiger partial charge in [-0.2, -0.15) is 0 Å². The lowest BCUT2D eigenvalue weighted by Gasteiger charge is -2.18.